The molecule has 33 heavy (non-hydrogen) atoms. The number of pyridine rings is 1. The van der Waals surface area contributed by atoms with Crippen LogP contribution < -0.4 is 19.5 Å². The topological polar surface area (TPSA) is 87.5 Å². The fraction of sp³-hybridized carbons (Fsp3) is 0.208. The van der Waals surface area contributed by atoms with Crippen LogP contribution in [0.2, 0.25) is 0 Å². The number of aryl methyl sites for hydroxylation is 2. The Morgan fingerprint density at radius 2 is 1.94 bits per heavy atom. The number of halogens is 1. The Kier molecular flexibility index (Phi) is 5.29. The number of carbonyl (C=O) groups is 1. The second-order valence-corrected chi connectivity index (χ2v) is 7.65. The Balaban J connectivity index is 1.35. The molecule has 0 saturated heterocycles. The van der Waals surface area contributed by atoms with E-state index in [4.69, 9.17) is 14.2 Å². The van der Waals surface area contributed by atoms with Crippen LogP contribution in [0.5, 0.6) is 17.4 Å². The number of amides is 1. The lowest BCUT2D eigenvalue weighted by Gasteiger charge is -2.19. The third kappa shape index (κ3) is 4.17. The maximum absolute atomic E-state index is 13.8. The number of carbonyl (C=O) groups excluding carboxylic acids is 1. The number of benzene rings is 2. The number of aromatic nitrogens is 3. The SMILES string of the molecule is Cc1cc(OCC(=O)Nc2ccc3c(c2)OCCO3)nc2c1c(C)nn2-c1cccc(F)c1. The number of rotatable bonds is 5. The van der Waals surface area contributed by atoms with Crippen molar-refractivity contribution in [2.24, 2.45) is 0 Å². The van der Waals surface area contributed by atoms with Gasteiger partial charge in [-0.15, -0.1) is 0 Å². The van der Waals surface area contributed by atoms with Crippen molar-refractivity contribution in [3.8, 4) is 23.1 Å². The average Bonchev–Trinajstić information content (AvgIpc) is 3.14. The lowest BCUT2D eigenvalue weighted by Crippen LogP contribution is -2.21. The Morgan fingerprint density at radius 1 is 1.12 bits per heavy atom. The van der Waals surface area contributed by atoms with Crippen LogP contribution in [0, 0.1) is 19.7 Å². The van der Waals surface area contributed by atoms with Crippen LogP contribution >= 0.6 is 0 Å². The molecule has 0 bridgehead atoms. The van der Waals surface area contributed by atoms with E-state index in [0.29, 0.717) is 41.7 Å². The van der Waals surface area contributed by atoms with Crippen LogP contribution in [0.15, 0.2) is 48.5 Å². The summed E-state index contributed by atoms with van der Waals surface area (Å²) in [6.45, 7) is 4.51. The molecule has 0 spiro atoms. The molecule has 2 aromatic heterocycles. The van der Waals surface area contributed by atoms with Crippen LogP contribution in [-0.2, 0) is 4.79 Å². The molecule has 1 N–H and O–H groups in total. The van der Waals surface area contributed by atoms with Gasteiger partial charge in [-0.05, 0) is 49.7 Å². The predicted octanol–water partition coefficient (Wildman–Crippen LogP) is 3.97. The highest BCUT2D eigenvalue weighted by atomic mass is 19.1. The molecule has 0 fully saturated rings. The van der Waals surface area contributed by atoms with E-state index < -0.39 is 0 Å². The largest absolute Gasteiger partial charge is 0.486 e. The Labute approximate surface area is 188 Å². The zero-order valence-corrected chi connectivity index (χ0v) is 18.1. The molecule has 0 saturated carbocycles. The van der Waals surface area contributed by atoms with E-state index in [1.165, 1.54) is 12.1 Å². The van der Waals surface area contributed by atoms with E-state index in [2.05, 4.69) is 15.4 Å². The first kappa shape index (κ1) is 20.7. The summed E-state index contributed by atoms with van der Waals surface area (Å²) in [6.07, 6.45) is 0. The summed E-state index contributed by atoms with van der Waals surface area (Å²) in [5, 5.41) is 8.15. The molecule has 1 amide bonds. The van der Waals surface area contributed by atoms with Gasteiger partial charge in [0.15, 0.2) is 23.8 Å². The molecule has 0 aliphatic carbocycles. The van der Waals surface area contributed by atoms with Gasteiger partial charge >= 0.3 is 0 Å². The van der Waals surface area contributed by atoms with Crippen molar-refractivity contribution in [3.63, 3.8) is 0 Å². The lowest BCUT2D eigenvalue weighted by molar-refractivity contribution is -0.118. The van der Waals surface area contributed by atoms with Crippen molar-refractivity contribution in [1.29, 1.82) is 0 Å². The van der Waals surface area contributed by atoms with Gasteiger partial charge in [0, 0.05) is 23.2 Å². The average molecular weight is 448 g/mol. The molecule has 0 radical (unpaired) electrons. The normalized spacial score (nSPS) is 12.6. The summed E-state index contributed by atoms with van der Waals surface area (Å²) in [5.41, 5.74) is 3.31. The van der Waals surface area contributed by atoms with Gasteiger partial charge in [0.2, 0.25) is 5.88 Å². The first-order valence-electron chi connectivity index (χ1n) is 10.4. The lowest BCUT2D eigenvalue weighted by atomic mass is 10.2. The van der Waals surface area contributed by atoms with Crippen LogP contribution in [0.25, 0.3) is 16.7 Å². The number of hydrogen-bond acceptors (Lipinski definition) is 6. The molecule has 9 heteroatoms. The number of fused-ring (bicyclic) bond motifs is 2. The minimum Gasteiger partial charge on any atom is -0.486 e. The number of ether oxygens (including phenoxy) is 3. The molecule has 1 aliphatic heterocycles. The monoisotopic (exact) mass is 448 g/mol. The standard InChI is InChI=1S/C24H21FN4O4/c1-14-10-22(27-24-23(14)15(2)28-29(24)18-5-3-4-16(25)11-18)33-13-21(30)26-17-6-7-19-20(12-17)32-9-8-31-19/h3-7,10-12H,8-9,13H2,1-2H3,(H,26,30). The van der Waals surface area contributed by atoms with Crippen molar-refractivity contribution in [2.75, 3.05) is 25.1 Å². The molecular formula is C24H21FN4O4. The highest BCUT2D eigenvalue weighted by molar-refractivity contribution is 5.92. The molecule has 2 aromatic carbocycles. The van der Waals surface area contributed by atoms with E-state index in [1.54, 1.807) is 41.1 Å². The smallest absolute Gasteiger partial charge is 0.262 e. The molecule has 168 valence electrons. The number of anilines is 1. The summed E-state index contributed by atoms with van der Waals surface area (Å²) in [5.74, 6) is 0.794. The predicted molar refractivity (Wildman–Crippen MR) is 120 cm³/mol. The van der Waals surface area contributed by atoms with Gasteiger partial charge in [0.1, 0.15) is 19.0 Å². The summed E-state index contributed by atoms with van der Waals surface area (Å²) in [7, 11) is 0. The Bertz CT molecular complexity index is 1370. The van der Waals surface area contributed by atoms with E-state index >= 15 is 0 Å². The highest BCUT2D eigenvalue weighted by Gasteiger charge is 2.17. The highest BCUT2D eigenvalue weighted by Crippen LogP contribution is 2.32. The van der Waals surface area contributed by atoms with Crippen molar-refractivity contribution in [3.05, 3.63) is 65.6 Å². The molecule has 8 nitrogen and oxygen atoms in total. The molecule has 3 heterocycles. The Morgan fingerprint density at radius 3 is 2.76 bits per heavy atom. The van der Waals surface area contributed by atoms with Crippen LogP contribution in [-0.4, -0.2) is 40.5 Å². The molecule has 0 unspecified atom stereocenters. The molecule has 4 aromatic rings. The van der Waals surface area contributed by atoms with Crippen LogP contribution in [0.1, 0.15) is 11.3 Å². The fourth-order valence-electron chi connectivity index (χ4n) is 3.79. The summed E-state index contributed by atoms with van der Waals surface area (Å²) < 4.78 is 32.0. The maximum Gasteiger partial charge on any atom is 0.262 e. The van der Waals surface area contributed by atoms with Gasteiger partial charge in [-0.1, -0.05) is 6.07 Å². The minimum atomic E-state index is -0.367. The third-order valence-electron chi connectivity index (χ3n) is 5.22. The molecule has 0 atom stereocenters. The molecule has 1 aliphatic rings. The third-order valence-corrected chi connectivity index (χ3v) is 5.22. The van der Waals surface area contributed by atoms with Gasteiger partial charge in [-0.2, -0.15) is 10.1 Å². The zero-order chi connectivity index (χ0) is 22.9. The number of nitrogens with one attached hydrogen (secondary N) is 1. The summed E-state index contributed by atoms with van der Waals surface area (Å²) in [4.78, 5) is 17.0. The number of nitrogens with zero attached hydrogens (tertiary/aromatic N) is 3. The summed E-state index contributed by atoms with van der Waals surface area (Å²) in [6, 6.07) is 13.1. The van der Waals surface area contributed by atoms with Gasteiger partial charge in [0.05, 0.1) is 11.4 Å². The second kappa shape index (κ2) is 8.42. The van der Waals surface area contributed by atoms with Crippen molar-refractivity contribution >= 4 is 22.6 Å². The van der Waals surface area contributed by atoms with Crippen molar-refractivity contribution in [1.82, 2.24) is 14.8 Å². The van der Waals surface area contributed by atoms with Crippen molar-refractivity contribution in [2.45, 2.75) is 13.8 Å². The van der Waals surface area contributed by atoms with Gasteiger partial charge in [-0.3, -0.25) is 4.79 Å². The first-order valence-corrected chi connectivity index (χ1v) is 10.4. The van der Waals surface area contributed by atoms with E-state index in [9.17, 15) is 9.18 Å². The van der Waals surface area contributed by atoms with E-state index in [0.717, 1.165) is 16.6 Å². The first-order chi connectivity index (χ1) is 16.0. The van der Waals surface area contributed by atoms with Gasteiger partial charge in [0.25, 0.3) is 5.91 Å². The summed E-state index contributed by atoms with van der Waals surface area (Å²) >= 11 is 0. The van der Waals surface area contributed by atoms with Crippen LogP contribution in [0.3, 0.4) is 0 Å². The second-order valence-electron chi connectivity index (χ2n) is 7.65. The Hall–Kier alpha value is -4.14. The quantitative estimate of drug-likeness (QED) is 0.497. The molecule has 5 rings (SSSR count). The van der Waals surface area contributed by atoms with Crippen LogP contribution in [0.4, 0.5) is 10.1 Å². The van der Waals surface area contributed by atoms with Gasteiger partial charge in [-0.25, -0.2) is 9.07 Å². The number of hydrogen-bond donors (Lipinski definition) is 1. The van der Waals surface area contributed by atoms with E-state index in [1.807, 2.05) is 13.8 Å². The maximum atomic E-state index is 13.8. The van der Waals surface area contributed by atoms with E-state index in [-0.39, 0.29) is 24.2 Å². The molecular weight excluding hydrogens is 427 g/mol. The van der Waals surface area contributed by atoms with Gasteiger partial charge < -0.3 is 19.5 Å². The van der Waals surface area contributed by atoms with Crippen molar-refractivity contribution < 1.29 is 23.4 Å². The zero-order valence-electron chi connectivity index (χ0n) is 18.1. The fourth-order valence-corrected chi connectivity index (χ4v) is 3.79. The minimum absolute atomic E-state index is 0.237.